The summed E-state index contributed by atoms with van der Waals surface area (Å²) in [5, 5.41) is 4.25. The van der Waals surface area contributed by atoms with E-state index in [-0.39, 0.29) is 0 Å². The van der Waals surface area contributed by atoms with Crippen molar-refractivity contribution in [1.29, 1.82) is 0 Å². The Kier molecular flexibility index (Phi) is 3.21. The molecule has 13 heavy (non-hydrogen) atoms. The molecule has 0 aliphatic rings. The van der Waals surface area contributed by atoms with Crippen LogP contribution in [-0.2, 0) is 0 Å². The minimum absolute atomic E-state index is 0.651. The number of hydrogen-bond donors (Lipinski definition) is 0. The third kappa shape index (κ3) is 2.04. The molecule has 0 amide bonds. The number of rotatable bonds is 3. The van der Waals surface area contributed by atoms with Crippen LogP contribution in [-0.4, -0.2) is 14.3 Å². The van der Waals surface area contributed by atoms with Gasteiger partial charge in [0, 0.05) is 5.50 Å². The van der Waals surface area contributed by atoms with Crippen LogP contribution in [0, 0.1) is 0 Å². The summed E-state index contributed by atoms with van der Waals surface area (Å²) in [6.07, 6.45) is 0. The molecule has 0 saturated heterocycles. The molecule has 0 nitrogen and oxygen atoms in total. The molecule has 67 valence electrons. The Labute approximate surface area is 92.4 Å². The molecule has 4 heteroatoms. The normalized spacial score (nSPS) is 10.9. The summed E-state index contributed by atoms with van der Waals surface area (Å²) < 4.78 is 2.92. The maximum absolute atomic E-state index is 6.01. The van der Waals surface area contributed by atoms with Crippen LogP contribution in [0.15, 0.2) is 35.0 Å². The van der Waals surface area contributed by atoms with Crippen LogP contribution in [0.2, 0.25) is 0 Å². The molecule has 0 saturated carbocycles. The fraction of sp³-hybridized carbons (Fsp3) is 0.111. The van der Waals surface area contributed by atoms with Gasteiger partial charge >= 0.3 is 0 Å². The molecule has 0 aliphatic heterocycles. The van der Waals surface area contributed by atoms with Gasteiger partial charge in [-0.3, -0.25) is 0 Å². The van der Waals surface area contributed by atoms with Crippen molar-refractivity contribution in [2.75, 3.05) is 5.50 Å². The molecule has 0 fully saturated rings. The number of alkyl halides is 1. The monoisotopic (exact) mass is 243 g/mol. The van der Waals surface area contributed by atoms with E-state index in [0.29, 0.717) is 0 Å². The van der Waals surface area contributed by atoms with Gasteiger partial charge in [0.15, 0.2) is 8.80 Å². The number of thiophene rings is 2. The number of halogens is 1. The van der Waals surface area contributed by atoms with Crippen LogP contribution in [0.25, 0.3) is 0 Å². The van der Waals surface area contributed by atoms with Gasteiger partial charge in [0.2, 0.25) is 0 Å². The van der Waals surface area contributed by atoms with Gasteiger partial charge in [-0.05, 0) is 19.8 Å². The Morgan fingerprint density at radius 2 is 1.62 bits per heavy atom. The van der Waals surface area contributed by atoms with Crippen molar-refractivity contribution in [3.8, 4) is 0 Å². The van der Waals surface area contributed by atoms with Gasteiger partial charge in [0.05, 0.1) is 0 Å². The van der Waals surface area contributed by atoms with Crippen molar-refractivity contribution in [3.05, 3.63) is 35.0 Å². The Balaban J connectivity index is 2.29. The predicted molar refractivity (Wildman–Crippen MR) is 64.4 cm³/mol. The first-order chi connectivity index (χ1) is 6.42. The summed E-state index contributed by atoms with van der Waals surface area (Å²) in [6, 6.07) is 8.60. The fourth-order valence-electron chi connectivity index (χ4n) is 1.15. The lowest BCUT2D eigenvalue weighted by atomic mass is 10.7. The lowest BCUT2D eigenvalue weighted by Gasteiger charge is -2.05. The highest BCUT2D eigenvalue weighted by Gasteiger charge is 2.17. The van der Waals surface area contributed by atoms with Crippen molar-refractivity contribution >= 4 is 52.1 Å². The van der Waals surface area contributed by atoms with E-state index in [1.807, 2.05) is 22.7 Å². The molecule has 2 aromatic rings. The average molecular weight is 244 g/mol. The molecule has 0 unspecified atom stereocenters. The van der Waals surface area contributed by atoms with Crippen molar-refractivity contribution < 1.29 is 0 Å². The first kappa shape index (κ1) is 9.46. The van der Waals surface area contributed by atoms with Gasteiger partial charge in [-0.15, -0.1) is 11.6 Å². The number of hydrogen-bond acceptors (Lipinski definition) is 2. The molecular weight excluding hydrogens is 236 g/mol. The van der Waals surface area contributed by atoms with Crippen LogP contribution in [0.1, 0.15) is 0 Å². The van der Waals surface area contributed by atoms with E-state index in [4.69, 9.17) is 11.6 Å². The quantitative estimate of drug-likeness (QED) is 0.573. The van der Waals surface area contributed by atoms with Crippen molar-refractivity contribution in [3.63, 3.8) is 0 Å². The summed E-state index contributed by atoms with van der Waals surface area (Å²) in [7, 11) is -0.651. The molecule has 2 heterocycles. The Hall–Kier alpha value is -0.0931. The standard InChI is InChI=1S/C9H8ClS2Si/c10-7-13(8-3-1-5-11-8)9-4-2-6-12-9/h1-6H,7H2. The van der Waals surface area contributed by atoms with Gasteiger partial charge in [-0.2, -0.15) is 22.7 Å². The van der Waals surface area contributed by atoms with E-state index in [1.54, 1.807) is 0 Å². The lowest BCUT2D eigenvalue weighted by molar-refractivity contribution is 1.96. The Morgan fingerprint density at radius 1 is 1.08 bits per heavy atom. The molecule has 0 spiro atoms. The molecule has 2 rings (SSSR count). The van der Waals surface area contributed by atoms with E-state index in [1.165, 1.54) is 9.00 Å². The molecule has 0 bridgehead atoms. The third-order valence-corrected chi connectivity index (χ3v) is 7.91. The minimum Gasteiger partial charge on any atom is -0.153 e. The van der Waals surface area contributed by atoms with Gasteiger partial charge in [-0.25, -0.2) is 0 Å². The van der Waals surface area contributed by atoms with Gasteiger partial charge < -0.3 is 0 Å². The maximum atomic E-state index is 6.01. The fourth-order valence-corrected chi connectivity index (χ4v) is 7.35. The highest BCUT2D eigenvalue weighted by atomic mass is 35.5. The van der Waals surface area contributed by atoms with Crippen LogP contribution < -0.4 is 9.00 Å². The van der Waals surface area contributed by atoms with E-state index in [2.05, 4.69) is 35.0 Å². The zero-order valence-corrected chi connectivity index (χ0v) is 10.3. The SMILES string of the molecule is ClC[Si](c1cccs1)c1cccs1. The molecular formula is C9H8ClS2Si. The molecule has 0 aromatic carbocycles. The molecule has 0 atom stereocenters. The highest BCUT2D eigenvalue weighted by Crippen LogP contribution is 2.03. The van der Waals surface area contributed by atoms with Crippen molar-refractivity contribution in [2.24, 2.45) is 0 Å². The lowest BCUT2D eigenvalue weighted by Crippen LogP contribution is -2.40. The molecule has 0 aliphatic carbocycles. The van der Waals surface area contributed by atoms with Crippen LogP contribution >= 0.6 is 34.3 Å². The van der Waals surface area contributed by atoms with Crippen LogP contribution in [0.5, 0.6) is 0 Å². The molecule has 1 radical (unpaired) electrons. The highest BCUT2D eigenvalue weighted by molar-refractivity contribution is 7.31. The third-order valence-electron chi connectivity index (χ3n) is 1.77. The summed E-state index contributed by atoms with van der Waals surface area (Å²) in [6.45, 7) is 0. The Morgan fingerprint density at radius 3 is 1.92 bits per heavy atom. The van der Waals surface area contributed by atoms with Crippen LogP contribution in [0.4, 0.5) is 0 Å². The summed E-state index contributed by atoms with van der Waals surface area (Å²) >= 11 is 9.65. The van der Waals surface area contributed by atoms with Gasteiger partial charge in [0.1, 0.15) is 0 Å². The predicted octanol–water partition coefficient (Wildman–Crippen LogP) is 2.20. The Bertz CT molecular complexity index is 307. The average Bonchev–Trinajstić information content (AvgIpc) is 2.76. The second-order valence-electron chi connectivity index (χ2n) is 2.57. The summed E-state index contributed by atoms with van der Waals surface area (Å²) in [4.78, 5) is 0. The van der Waals surface area contributed by atoms with Gasteiger partial charge in [0.25, 0.3) is 0 Å². The van der Waals surface area contributed by atoms with Crippen LogP contribution in [0.3, 0.4) is 0 Å². The molecule has 0 N–H and O–H groups in total. The summed E-state index contributed by atoms with van der Waals surface area (Å²) in [5.41, 5.74) is 0.770. The first-order valence-electron chi connectivity index (χ1n) is 3.91. The van der Waals surface area contributed by atoms with E-state index < -0.39 is 8.80 Å². The summed E-state index contributed by atoms with van der Waals surface area (Å²) in [5.74, 6) is 0. The largest absolute Gasteiger partial charge is 0.163 e. The topological polar surface area (TPSA) is 0 Å². The van der Waals surface area contributed by atoms with Crippen molar-refractivity contribution in [2.45, 2.75) is 0 Å². The minimum atomic E-state index is -0.651. The second-order valence-corrected chi connectivity index (χ2v) is 8.29. The van der Waals surface area contributed by atoms with E-state index in [0.717, 1.165) is 5.50 Å². The zero-order chi connectivity index (χ0) is 9.10. The van der Waals surface area contributed by atoms with E-state index in [9.17, 15) is 0 Å². The van der Waals surface area contributed by atoms with Crippen molar-refractivity contribution in [1.82, 2.24) is 0 Å². The second kappa shape index (κ2) is 4.42. The zero-order valence-electron chi connectivity index (χ0n) is 6.87. The first-order valence-corrected chi connectivity index (χ1v) is 7.91. The van der Waals surface area contributed by atoms with Gasteiger partial charge in [-0.1, -0.05) is 24.3 Å². The maximum Gasteiger partial charge on any atom is 0.163 e. The molecule has 2 aromatic heterocycles. The smallest absolute Gasteiger partial charge is 0.153 e. The van der Waals surface area contributed by atoms with E-state index >= 15 is 0 Å².